The Hall–Kier alpha value is -1.69. The number of nitrogens with two attached hydrogens (primary N) is 1. The highest BCUT2D eigenvalue weighted by Crippen LogP contribution is 2.42. The average Bonchev–Trinajstić information content (AvgIpc) is 2.95. The van der Waals surface area contributed by atoms with Crippen LogP contribution in [0.4, 0.5) is 0 Å². The largest absolute Gasteiger partial charge is 0.343 e. The van der Waals surface area contributed by atoms with Gasteiger partial charge in [-0.3, -0.25) is 19.7 Å². The molecule has 1 aliphatic carbocycles. The smallest absolute Gasteiger partial charge is 0.249 e. The molecule has 4 N–H and O–H groups in total. The molecule has 6 heteroatoms. The summed E-state index contributed by atoms with van der Waals surface area (Å²) in [6.07, 6.45) is 2.75. The molecule has 0 radical (unpaired) electrons. The number of nitrogens with one attached hydrogen (secondary N) is 2. The van der Waals surface area contributed by atoms with Crippen LogP contribution in [0, 0.1) is 5.92 Å². The van der Waals surface area contributed by atoms with Crippen LogP contribution in [0.3, 0.4) is 0 Å². The monoisotopic (exact) mass is 237 g/mol. The highest BCUT2D eigenvalue weighted by molar-refractivity contribution is 6.02. The third-order valence-electron chi connectivity index (χ3n) is 3.31. The SMILES string of the molecule is C=C[C@H]1C[C@@]1(N)C(=O)NC1CCC(=O)NC1=O. The maximum Gasteiger partial charge on any atom is 0.249 e. The van der Waals surface area contributed by atoms with Crippen molar-refractivity contribution >= 4 is 17.7 Å². The first-order valence-electron chi connectivity index (χ1n) is 5.53. The number of carbonyl (C=O) groups excluding carboxylic acids is 3. The van der Waals surface area contributed by atoms with Gasteiger partial charge in [0, 0.05) is 12.3 Å². The Morgan fingerprint density at radius 2 is 2.29 bits per heavy atom. The Bertz CT molecular complexity index is 407. The van der Waals surface area contributed by atoms with Crippen LogP contribution in [0.2, 0.25) is 0 Å². The van der Waals surface area contributed by atoms with E-state index in [0.717, 1.165) is 0 Å². The molecule has 0 aromatic rings. The Labute approximate surface area is 98.6 Å². The van der Waals surface area contributed by atoms with Gasteiger partial charge in [0.15, 0.2) is 0 Å². The van der Waals surface area contributed by atoms with E-state index in [2.05, 4.69) is 17.2 Å². The molecule has 1 aliphatic heterocycles. The summed E-state index contributed by atoms with van der Waals surface area (Å²) in [7, 11) is 0. The van der Waals surface area contributed by atoms with E-state index in [1.807, 2.05) is 0 Å². The van der Waals surface area contributed by atoms with Gasteiger partial charge in [0.2, 0.25) is 17.7 Å². The Morgan fingerprint density at radius 3 is 2.82 bits per heavy atom. The molecule has 1 heterocycles. The molecular weight excluding hydrogens is 222 g/mol. The summed E-state index contributed by atoms with van der Waals surface area (Å²) in [6.45, 7) is 3.59. The van der Waals surface area contributed by atoms with Crippen LogP contribution in [0.25, 0.3) is 0 Å². The van der Waals surface area contributed by atoms with E-state index in [1.165, 1.54) is 0 Å². The maximum absolute atomic E-state index is 11.8. The third-order valence-corrected chi connectivity index (χ3v) is 3.31. The van der Waals surface area contributed by atoms with Gasteiger partial charge < -0.3 is 11.1 Å². The molecule has 92 valence electrons. The van der Waals surface area contributed by atoms with Gasteiger partial charge in [-0.1, -0.05) is 6.08 Å². The number of carbonyl (C=O) groups is 3. The van der Waals surface area contributed by atoms with Crippen LogP contribution in [-0.2, 0) is 14.4 Å². The van der Waals surface area contributed by atoms with Gasteiger partial charge >= 0.3 is 0 Å². The van der Waals surface area contributed by atoms with Crippen molar-refractivity contribution in [3.8, 4) is 0 Å². The molecule has 0 aromatic heterocycles. The Morgan fingerprint density at radius 1 is 1.59 bits per heavy atom. The molecule has 0 bridgehead atoms. The molecule has 3 amide bonds. The number of rotatable bonds is 3. The number of piperidine rings is 1. The quantitative estimate of drug-likeness (QED) is 0.424. The van der Waals surface area contributed by atoms with E-state index in [4.69, 9.17) is 5.73 Å². The summed E-state index contributed by atoms with van der Waals surface area (Å²) in [5.41, 5.74) is 4.93. The van der Waals surface area contributed by atoms with Crippen molar-refractivity contribution in [1.29, 1.82) is 0 Å². The summed E-state index contributed by atoms with van der Waals surface area (Å²) in [5.74, 6) is -1.15. The average molecular weight is 237 g/mol. The fraction of sp³-hybridized carbons (Fsp3) is 0.545. The lowest BCUT2D eigenvalue weighted by atomic mass is 10.1. The lowest BCUT2D eigenvalue weighted by Crippen LogP contribution is -2.56. The van der Waals surface area contributed by atoms with Gasteiger partial charge in [0.05, 0.1) is 0 Å². The number of imide groups is 1. The van der Waals surface area contributed by atoms with Crippen LogP contribution in [0.15, 0.2) is 12.7 Å². The molecule has 1 saturated heterocycles. The molecule has 3 atom stereocenters. The van der Waals surface area contributed by atoms with Crippen molar-refractivity contribution in [2.45, 2.75) is 30.8 Å². The Balaban J connectivity index is 1.94. The lowest BCUT2D eigenvalue weighted by Gasteiger charge is -2.23. The first-order valence-corrected chi connectivity index (χ1v) is 5.53. The zero-order valence-corrected chi connectivity index (χ0v) is 9.36. The van der Waals surface area contributed by atoms with Gasteiger partial charge in [0.25, 0.3) is 0 Å². The van der Waals surface area contributed by atoms with Crippen LogP contribution in [-0.4, -0.2) is 29.3 Å². The molecule has 17 heavy (non-hydrogen) atoms. The van der Waals surface area contributed by atoms with Crippen LogP contribution in [0.1, 0.15) is 19.3 Å². The minimum atomic E-state index is -0.927. The van der Waals surface area contributed by atoms with Gasteiger partial charge in [-0.05, 0) is 12.8 Å². The summed E-state index contributed by atoms with van der Waals surface area (Å²) in [5, 5.41) is 4.76. The molecule has 0 spiro atoms. The topological polar surface area (TPSA) is 101 Å². The van der Waals surface area contributed by atoms with E-state index in [0.29, 0.717) is 12.8 Å². The second kappa shape index (κ2) is 3.96. The normalized spacial score (nSPS) is 36.1. The second-order valence-electron chi connectivity index (χ2n) is 4.56. The fourth-order valence-corrected chi connectivity index (χ4v) is 1.98. The molecular formula is C11H15N3O3. The van der Waals surface area contributed by atoms with Crippen molar-refractivity contribution in [3.63, 3.8) is 0 Å². The molecule has 2 fully saturated rings. The number of hydrogen-bond acceptors (Lipinski definition) is 4. The summed E-state index contributed by atoms with van der Waals surface area (Å²) in [6, 6.07) is -0.660. The van der Waals surface area contributed by atoms with E-state index in [-0.39, 0.29) is 24.2 Å². The first-order chi connectivity index (χ1) is 7.97. The predicted octanol–water partition coefficient (Wildman–Crippen LogP) is -1.19. The molecule has 2 aliphatic rings. The molecule has 2 rings (SSSR count). The minimum absolute atomic E-state index is 0.0317. The number of hydrogen-bond donors (Lipinski definition) is 3. The molecule has 6 nitrogen and oxygen atoms in total. The highest BCUT2D eigenvalue weighted by atomic mass is 16.2. The summed E-state index contributed by atoms with van der Waals surface area (Å²) in [4.78, 5) is 34.2. The van der Waals surface area contributed by atoms with Crippen LogP contribution in [0.5, 0.6) is 0 Å². The second-order valence-corrected chi connectivity index (χ2v) is 4.56. The van der Waals surface area contributed by atoms with Gasteiger partial charge in [0.1, 0.15) is 11.6 Å². The van der Waals surface area contributed by atoms with Gasteiger partial charge in [-0.15, -0.1) is 6.58 Å². The van der Waals surface area contributed by atoms with E-state index < -0.39 is 17.5 Å². The van der Waals surface area contributed by atoms with Gasteiger partial charge in [-0.25, -0.2) is 0 Å². The summed E-state index contributed by atoms with van der Waals surface area (Å²) < 4.78 is 0. The number of amides is 3. The highest BCUT2D eigenvalue weighted by Gasteiger charge is 2.55. The minimum Gasteiger partial charge on any atom is -0.343 e. The van der Waals surface area contributed by atoms with Crippen molar-refractivity contribution in [1.82, 2.24) is 10.6 Å². The molecule has 1 saturated carbocycles. The van der Waals surface area contributed by atoms with Gasteiger partial charge in [-0.2, -0.15) is 0 Å². The van der Waals surface area contributed by atoms with E-state index in [1.54, 1.807) is 6.08 Å². The lowest BCUT2D eigenvalue weighted by molar-refractivity contribution is -0.137. The fourth-order valence-electron chi connectivity index (χ4n) is 1.98. The van der Waals surface area contributed by atoms with E-state index in [9.17, 15) is 14.4 Å². The molecule has 1 unspecified atom stereocenters. The Kier molecular flexibility index (Phi) is 2.74. The van der Waals surface area contributed by atoms with E-state index >= 15 is 0 Å². The van der Waals surface area contributed by atoms with Crippen LogP contribution >= 0.6 is 0 Å². The van der Waals surface area contributed by atoms with Crippen molar-refractivity contribution in [2.75, 3.05) is 0 Å². The standard InChI is InChI=1S/C11H15N3O3/c1-2-6-5-11(6,12)10(17)13-7-3-4-8(15)14-9(7)16/h2,6-7H,1,3-5,12H2,(H,13,17)(H,14,15,16)/t6-,7?,11-/m0/s1. The summed E-state index contributed by atoms with van der Waals surface area (Å²) >= 11 is 0. The third kappa shape index (κ3) is 2.08. The molecule has 0 aromatic carbocycles. The zero-order chi connectivity index (χ0) is 12.6. The van der Waals surface area contributed by atoms with Crippen LogP contribution < -0.4 is 16.4 Å². The van der Waals surface area contributed by atoms with Crippen molar-refractivity contribution < 1.29 is 14.4 Å². The van der Waals surface area contributed by atoms with Crippen molar-refractivity contribution in [2.24, 2.45) is 11.7 Å². The zero-order valence-electron chi connectivity index (χ0n) is 9.36. The first kappa shape index (κ1) is 11.8. The maximum atomic E-state index is 11.8. The van der Waals surface area contributed by atoms with Crippen molar-refractivity contribution in [3.05, 3.63) is 12.7 Å². The predicted molar refractivity (Wildman–Crippen MR) is 59.5 cm³/mol.